The van der Waals surface area contributed by atoms with Crippen molar-refractivity contribution in [3.8, 4) is 17.0 Å². The average Bonchev–Trinajstić information content (AvgIpc) is 2.98. The van der Waals surface area contributed by atoms with Crippen molar-refractivity contribution in [3.05, 3.63) is 36.0 Å². The van der Waals surface area contributed by atoms with Crippen LogP contribution in [0.4, 0.5) is 0 Å². The van der Waals surface area contributed by atoms with Crippen LogP contribution in [-0.4, -0.2) is 66.2 Å². The van der Waals surface area contributed by atoms with E-state index >= 15 is 0 Å². The van der Waals surface area contributed by atoms with Crippen LogP contribution in [0.2, 0.25) is 0 Å². The number of methoxy groups -OCH3 is 1. The maximum atomic E-state index is 12.8. The van der Waals surface area contributed by atoms with Crippen molar-refractivity contribution in [2.45, 2.75) is 25.3 Å². The summed E-state index contributed by atoms with van der Waals surface area (Å²) in [4.78, 5) is 17.0. The normalized spacial score (nSPS) is 18.2. The number of ether oxygens (including phenoxy) is 1. The molecule has 1 amide bonds. The zero-order valence-corrected chi connectivity index (χ0v) is 15.2. The number of aromatic amines is 1. The maximum Gasteiger partial charge on any atom is 0.271 e. The van der Waals surface area contributed by atoms with Crippen LogP contribution < -0.4 is 4.74 Å². The lowest BCUT2D eigenvalue weighted by Crippen LogP contribution is -2.34. The SMILES string of the molecule is COc1cccc(-c2cc(C(=O)N3CCC[C@H](N(C)C)CC3)[nH]n2)c1. The number of carbonyl (C=O) groups excluding carboxylic acids is 1. The Kier molecular flexibility index (Phi) is 5.38. The highest BCUT2D eigenvalue weighted by molar-refractivity contribution is 5.93. The summed E-state index contributed by atoms with van der Waals surface area (Å²) in [6.45, 7) is 1.59. The number of nitrogens with one attached hydrogen (secondary N) is 1. The van der Waals surface area contributed by atoms with Gasteiger partial charge < -0.3 is 14.5 Å². The molecule has 2 aromatic rings. The molecule has 1 atom stereocenters. The molecule has 3 rings (SSSR count). The number of hydrogen-bond acceptors (Lipinski definition) is 4. The highest BCUT2D eigenvalue weighted by Crippen LogP contribution is 2.23. The topological polar surface area (TPSA) is 61.5 Å². The van der Waals surface area contributed by atoms with Crippen LogP contribution in [0.1, 0.15) is 29.8 Å². The summed E-state index contributed by atoms with van der Waals surface area (Å²) in [6, 6.07) is 10.1. The lowest BCUT2D eigenvalue weighted by atomic mass is 10.1. The molecule has 0 saturated carbocycles. The Bertz CT molecular complexity index is 726. The van der Waals surface area contributed by atoms with Gasteiger partial charge in [-0.25, -0.2) is 0 Å². The molecule has 1 N–H and O–H groups in total. The Balaban J connectivity index is 1.72. The molecule has 1 aromatic carbocycles. The van der Waals surface area contributed by atoms with Gasteiger partial charge in [-0.3, -0.25) is 9.89 Å². The minimum Gasteiger partial charge on any atom is -0.497 e. The quantitative estimate of drug-likeness (QED) is 0.928. The number of benzene rings is 1. The number of aromatic nitrogens is 2. The van der Waals surface area contributed by atoms with Gasteiger partial charge >= 0.3 is 0 Å². The van der Waals surface area contributed by atoms with Gasteiger partial charge in [0.25, 0.3) is 5.91 Å². The molecule has 1 aromatic heterocycles. The van der Waals surface area contributed by atoms with Crippen molar-refractivity contribution in [3.63, 3.8) is 0 Å². The van der Waals surface area contributed by atoms with Gasteiger partial charge in [-0.2, -0.15) is 5.10 Å². The molecule has 1 aliphatic rings. The summed E-state index contributed by atoms with van der Waals surface area (Å²) in [5, 5.41) is 7.21. The van der Waals surface area contributed by atoms with E-state index in [1.165, 1.54) is 0 Å². The second-order valence-corrected chi connectivity index (χ2v) is 6.74. The van der Waals surface area contributed by atoms with Crippen LogP contribution in [0.15, 0.2) is 30.3 Å². The number of likely N-dealkylation sites (tertiary alicyclic amines) is 1. The van der Waals surface area contributed by atoms with E-state index < -0.39 is 0 Å². The monoisotopic (exact) mass is 342 g/mol. The minimum absolute atomic E-state index is 0.0288. The molecule has 0 aliphatic carbocycles. The molecule has 0 unspecified atom stereocenters. The summed E-state index contributed by atoms with van der Waals surface area (Å²) < 4.78 is 5.25. The number of carbonyl (C=O) groups is 1. The van der Waals surface area contributed by atoms with Crippen molar-refractivity contribution in [2.75, 3.05) is 34.3 Å². The number of rotatable bonds is 4. The molecule has 0 spiro atoms. The summed E-state index contributed by atoms with van der Waals surface area (Å²) >= 11 is 0. The average molecular weight is 342 g/mol. The molecule has 0 bridgehead atoms. The number of nitrogens with zero attached hydrogens (tertiary/aromatic N) is 3. The first kappa shape index (κ1) is 17.5. The number of hydrogen-bond donors (Lipinski definition) is 1. The third-order valence-electron chi connectivity index (χ3n) is 4.89. The van der Waals surface area contributed by atoms with Gasteiger partial charge in [-0.05, 0) is 51.6 Å². The Hall–Kier alpha value is -2.34. The second-order valence-electron chi connectivity index (χ2n) is 6.74. The van der Waals surface area contributed by atoms with Gasteiger partial charge in [0.1, 0.15) is 11.4 Å². The maximum absolute atomic E-state index is 12.8. The predicted molar refractivity (Wildman–Crippen MR) is 97.8 cm³/mol. The fraction of sp³-hybridized carbons (Fsp3) is 0.474. The molecule has 25 heavy (non-hydrogen) atoms. The van der Waals surface area contributed by atoms with E-state index in [0.29, 0.717) is 11.7 Å². The molecule has 0 radical (unpaired) electrons. The van der Waals surface area contributed by atoms with Gasteiger partial charge in [0, 0.05) is 24.7 Å². The van der Waals surface area contributed by atoms with Gasteiger partial charge in [0.2, 0.25) is 0 Å². The highest BCUT2D eigenvalue weighted by Gasteiger charge is 2.23. The predicted octanol–water partition coefficient (Wildman–Crippen LogP) is 2.64. The third kappa shape index (κ3) is 4.02. The Morgan fingerprint density at radius 3 is 2.88 bits per heavy atom. The first-order valence-corrected chi connectivity index (χ1v) is 8.74. The molecular formula is C19H26N4O2. The third-order valence-corrected chi connectivity index (χ3v) is 4.89. The molecule has 6 heteroatoms. The van der Waals surface area contributed by atoms with Crippen molar-refractivity contribution in [1.29, 1.82) is 0 Å². The van der Waals surface area contributed by atoms with Crippen molar-refractivity contribution in [2.24, 2.45) is 0 Å². The fourth-order valence-electron chi connectivity index (χ4n) is 3.33. The molecular weight excluding hydrogens is 316 g/mol. The van der Waals surface area contributed by atoms with Crippen LogP contribution in [0.5, 0.6) is 5.75 Å². The lowest BCUT2D eigenvalue weighted by molar-refractivity contribution is 0.0752. The van der Waals surface area contributed by atoms with E-state index in [4.69, 9.17) is 4.74 Å². The highest BCUT2D eigenvalue weighted by atomic mass is 16.5. The van der Waals surface area contributed by atoms with Crippen molar-refractivity contribution < 1.29 is 9.53 Å². The molecule has 1 aliphatic heterocycles. The molecule has 2 heterocycles. The zero-order chi connectivity index (χ0) is 17.8. The summed E-state index contributed by atoms with van der Waals surface area (Å²) in [5.41, 5.74) is 2.22. The Morgan fingerprint density at radius 2 is 2.12 bits per heavy atom. The van der Waals surface area contributed by atoms with E-state index in [-0.39, 0.29) is 5.91 Å². The van der Waals surface area contributed by atoms with Crippen LogP contribution in [0, 0.1) is 0 Å². The minimum atomic E-state index is 0.0288. The molecule has 1 saturated heterocycles. The first-order valence-electron chi connectivity index (χ1n) is 8.74. The van der Waals surface area contributed by atoms with Gasteiger partial charge in [0.15, 0.2) is 0 Å². The van der Waals surface area contributed by atoms with Crippen LogP contribution in [0.3, 0.4) is 0 Å². The van der Waals surface area contributed by atoms with E-state index in [1.807, 2.05) is 35.2 Å². The van der Waals surface area contributed by atoms with Crippen molar-refractivity contribution >= 4 is 5.91 Å². The van der Waals surface area contributed by atoms with E-state index in [1.54, 1.807) is 7.11 Å². The second kappa shape index (κ2) is 7.70. The smallest absolute Gasteiger partial charge is 0.271 e. The largest absolute Gasteiger partial charge is 0.497 e. The van der Waals surface area contributed by atoms with Gasteiger partial charge in [0.05, 0.1) is 12.8 Å². The van der Waals surface area contributed by atoms with Crippen molar-refractivity contribution in [1.82, 2.24) is 20.0 Å². The molecule has 1 fully saturated rings. The number of H-pyrrole nitrogens is 1. The van der Waals surface area contributed by atoms with Crippen LogP contribution >= 0.6 is 0 Å². The van der Waals surface area contributed by atoms with Gasteiger partial charge in [-0.15, -0.1) is 0 Å². The van der Waals surface area contributed by atoms with Crippen LogP contribution in [-0.2, 0) is 0 Å². The van der Waals surface area contributed by atoms with E-state index in [9.17, 15) is 4.79 Å². The van der Waals surface area contributed by atoms with E-state index in [2.05, 4.69) is 29.2 Å². The van der Waals surface area contributed by atoms with E-state index in [0.717, 1.165) is 49.4 Å². The Morgan fingerprint density at radius 1 is 1.28 bits per heavy atom. The number of amides is 1. The zero-order valence-electron chi connectivity index (χ0n) is 15.2. The Labute approximate surface area is 148 Å². The summed E-state index contributed by atoms with van der Waals surface area (Å²) in [6.07, 6.45) is 3.18. The fourth-order valence-corrected chi connectivity index (χ4v) is 3.33. The molecule has 6 nitrogen and oxygen atoms in total. The van der Waals surface area contributed by atoms with Gasteiger partial charge in [-0.1, -0.05) is 12.1 Å². The lowest BCUT2D eigenvalue weighted by Gasteiger charge is -2.23. The standard InChI is InChI=1S/C19H26N4O2/c1-22(2)15-7-5-10-23(11-9-15)19(24)18-13-17(20-21-18)14-6-4-8-16(12-14)25-3/h4,6,8,12-13,15H,5,7,9-11H2,1-3H3,(H,20,21)/t15-/m0/s1. The summed E-state index contributed by atoms with van der Waals surface area (Å²) in [7, 11) is 5.86. The summed E-state index contributed by atoms with van der Waals surface area (Å²) in [5.74, 6) is 0.802. The molecule has 134 valence electrons. The van der Waals surface area contributed by atoms with Crippen LogP contribution in [0.25, 0.3) is 11.3 Å². The first-order chi connectivity index (χ1) is 12.1.